The van der Waals surface area contributed by atoms with E-state index in [4.69, 9.17) is 20.9 Å². The number of unbranched alkanes of at least 4 members (excludes halogenated alkanes) is 2. The number of fused-ring (bicyclic) bond motifs is 4. The largest absolute Gasteiger partial charge is 0.504 e. The minimum absolute atomic E-state index is 0.0129. The number of rotatable bonds is 7. The molecule has 10 nitrogen and oxygen atoms in total. The summed E-state index contributed by atoms with van der Waals surface area (Å²) in [6.07, 6.45) is 10.5. The van der Waals surface area contributed by atoms with E-state index in [2.05, 4.69) is 11.9 Å². The fourth-order valence-electron chi connectivity index (χ4n) is 6.70. The van der Waals surface area contributed by atoms with Gasteiger partial charge in [-0.1, -0.05) is 73.1 Å². The lowest BCUT2D eigenvalue weighted by atomic mass is 9.89. The van der Waals surface area contributed by atoms with Gasteiger partial charge in [-0.3, -0.25) is 9.59 Å². The molecule has 6 N–H and O–H groups in total. The first-order valence-corrected chi connectivity index (χ1v) is 19.5. The van der Waals surface area contributed by atoms with Crippen molar-refractivity contribution in [1.29, 1.82) is 0 Å². The minimum atomic E-state index is -0.549. The topological polar surface area (TPSA) is 161 Å². The quantitative estimate of drug-likeness (QED) is 0.0926. The Bertz CT molecular complexity index is 1140. The van der Waals surface area contributed by atoms with Crippen molar-refractivity contribution in [2.75, 3.05) is 18.6 Å². The van der Waals surface area contributed by atoms with E-state index in [0.717, 1.165) is 74.9 Å². The molecule has 0 spiro atoms. The summed E-state index contributed by atoms with van der Waals surface area (Å²) < 4.78 is 11.2. The highest BCUT2D eigenvalue weighted by atomic mass is 33.1. The molecule has 2 heterocycles. The summed E-state index contributed by atoms with van der Waals surface area (Å²) in [6, 6.07) is 3.65. The highest BCUT2D eigenvalue weighted by Gasteiger charge is 2.40. The molecule has 2 aliphatic heterocycles. The Kier molecular flexibility index (Phi) is 16.7. The van der Waals surface area contributed by atoms with Gasteiger partial charge in [0.15, 0.2) is 17.5 Å². The Balaban J connectivity index is 1.92. The number of phenols is 1. The Hall–Kier alpha value is -2.31. The minimum Gasteiger partial charge on any atom is -0.504 e. The molecule has 1 amide bonds. The average molecular weight is 681 g/mol. The second-order valence-corrected chi connectivity index (χ2v) is 15.4. The van der Waals surface area contributed by atoms with E-state index >= 15 is 0 Å². The molecule has 46 heavy (non-hydrogen) atoms. The second-order valence-electron chi connectivity index (χ2n) is 12.8. The smallest absolute Gasteiger partial charge is 0.302 e. The molecule has 1 fully saturated rings. The molecule has 5 atom stereocenters. The highest BCUT2D eigenvalue weighted by Crippen LogP contribution is 2.39. The summed E-state index contributed by atoms with van der Waals surface area (Å²) in [5.41, 5.74) is 13.2. The Labute approximate surface area is 283 Å². The molecule has 0 radical (unpaired) electrons. The molecule has 2 aliphatic rings. The van der Waals surface area contributed by atoms with Gasteiger partial charge >= 0.3 is 5.97 Å². The highest BCUT2D eigenvalue weighted by molar-refractivity contribution is 8.76. The Morgan fingerprint density at radius 2 is 1.89 bits per heavy atom. The van der Waals surface area contributed by atoms with Gasteiger partial charge in [0, 0.05) is 49.4 Å². The normalized spacial score (nSPS) is 25.9. The fourth-order valence-corrected chi connectivity index (χ4v) is 9.07. The molecule has 1 aromatic carbocycles. The maximum Gasteiger partial charge on any atom is 0.302 e. The zero-order chi connectivity index (χ0) is 33.5. The van der Waals surface area contributed by atoms with Crippen molar-refractivity contribution in [1.82, 2.24) is 4.90 Å². The number of methoxy groups -OCH3 is 1. The summed E-state index contributed by atoms with van der Waals surface area (Å²) in [4.78, 5) is 32.0. The van der Waals surface area contributed by atoms with Crippen molar-refractivity contribution >= 4 is 39.4 Å². The van der Waals surface area contributed by atoms with E-state index < -0.39 is 12.2 Å². The van der Waals surface area contributed by atoms with E-state index in [-0.39, 0.29) is 48.1 Å². The van der Waals surface area contributed by atoms with Crippen LogP contribution < -0.4 is 16.2 Å². The van der Waals surface area contributed by atoms with Crippen LogP contribution in [0, 0.1) is 5.92 Å². The van der Waals surface area contributed by atoms with Crippen LogP contribution in [0.25, 0.3) is 0 Å². The first-order valence-electron chi connectivity index (χ1n) is 17.0. The maximum absolute atomic E-state index is 13.6. The molecule has 5 unspecified atom stereocenters. The number of nitrogens with two attached hydrogens (primary N) is 2. The third-order valence-electron chi connectivity index (χ3n) is 8.97. The predicted octanol–water partition coefficient (Wildman–Crippen LogP) is 5.69. The lowest BCUT2D eigenvalue weighted by Gasteiger charge is -2.30. The molecular formula is C34H56N4O6S2. The number of carbonyl (C=O) groups excluding carboxylic acids is 2. The first-order chi connectivity index (χ1) is 22.1. The number of carbonyl (C=O) groups is 2. The van der Waals surface area contributed by atoms with Gasteiger partial charge in [-0.2, -0.15) is 0 Å². The van der Waals surface area contributed by atoms with E-state index in [1.54, 1.807) is 16.9 Å². The van der Waals surface area contributed by atoms with Gasteiger partial charge in [-0.15, -0.1) is 0 Å². The zero-order valence-corrected chi connectivity index (χ0v) is 29.6. The number of nitrogens with zero attached hydrogens (tertiary/aromatic N) is 2. The number of guanidine groups is 1. The number of amides is 1. The van der Waals surface area contributed by atoms with Crippen LogP contribution >= 0.6 is 21.6 Å². The van der Waals surface area contributed by atoms with Gasteiger partial charge in [-0.05, 0) is 56.1 Å². The SMILES string of the molecule is CCCCCC1C2CC(=O)N1Cc1cc(cc(OC)c1O)CCC(OC(C)=O)CC(O)CCCCCCSSCC(N=C(N)N)C2. The number of hydrogen-bond donors (Lipinski definition) is 4. The van der Waals surface area contributed by atoms with Crippen molar-refractivity contribution in [3.63, 3.8) is 0 Å². The van der Waals surface area contributed by atoms with Crippen molar-refractivity contribution < 1.29 is 29.3 Å². The number of aliphatic imine (C=N–C) groups is 1. The predicted molar refractivity (Wildman–Crippen MR) is 188 cm³/mol. The summed E-state index contributed by atoms with van der Waals surface area (Å²) in [5.74, 6) is 2.04. The Morgan fingerprint density at radius 1 is 1.11 bits per heavy atom. The van der Waals surface area contributed by atoms with Gasteiger partial charge in [0.1, 0.15) is 6.10 Å². The number of ether oxygens (including phenoxy) is 2. The fraction of sp³-hybridized carbons (Fsp3) is 0.735. The molecule has 1 saturated heterocycles. The summed E-state index contributed by atoms with van der Waals surface area (Å²) in [6.45, 7) is 3.84. The lowest BCUT2D eigenvalue weighted by Crippen LogP contribution is -2.36. The van der Waals surface area contributed by atoms with Crippen LogP contribution in [0.3, 0.4) is 0 Å². The van der Waals surface area contributed by atoms with Gasteiger partial charge in [0.25, 0.3) is 0 Å². The molecule has 1 aromatic rings. The number of esters is 1. The summed E-state index contributed by atoms with van der Waals surface area (Å²) in [5, 5.41) is 21.9. The van der Waals surface area contributed by atoms with Crippen LogP contribution in [0.1, 0.15) is 108 Å². The molecule has 12 heteroatoms. The summed E-state index contributed by atoms with van der Waals surface area (Å²) in [7, 11) is 5.13. The van der Waals surface area contributed by atoms with E-state index in [1.165, 1.54) is 14.0 Å². The van der Waals surface area contributed by atoms with Crippen molar-refractivity contribution in [2.24, 2.45) is 22.4 Å². The van der Waals surface area contributed by atoms with Crippen molar-refractivity contribution in [3.05, 3.63) is 23.3 Å². The van der Waals surface area contributed by atoms with Gasteiger partial charge in [-0.25, -0.2) is 4.99 Å². The van der Waals surface area contributed by atoms with Gasteiger partial charge < -0.3 is 36.1 Å². The van der Waals surface area contributed by atoms with Crippen LogP contribution in [-0.2, 0) is 27.3 Å². The molecule has 0 saturated carbocycles. The zero-order valence-electron chi connectivity index (χ0n) is 28.0. The molecule has 0 aliphatic carbocycles. The lowest BCUT2D eigenvalue weighted by molar-refractivity contribution is -0.148. The second kappa shape index (κ2) is 20.1. The number of aliphatic hydroxyl groups is 1. The van der Waals surface area contributed by atoms with E-state index in [1.807, 2.05) is 21.8 Å². The molecule has 3 rings (SSSR count). The molecular weight excluding hydrogens is 625 g/mol. The van der Waals surface area contributed by atoms with E-state index in [9.17, 15) is 19.8 Å². The van der Waals surface area contributed by atoms with Crippen LogP contribution in [-0.4, -0.2) is 75.9 Å². The number of aliphatic hydroxyl groups excluding tert-OH is 1. The van der Waals surface area contributed by atoms with Crippen LogP contribution in [0.2, 0.25) is 0 Å². The van der Waals surface area contributed by atoms with E-state index in [0.29, 0.717) is 43.4 Å². The molecule has 4 bridgehead atoms. The third-order valence-corrected chi connectivity index (χ3v) is 11.5. The monoisotopic (exact) mass is 680 g/mol. The van der Waals surface area contributed by atoms with Gasteiger partial charge in [0.2, 0.25) is 5.91 Å². The first kappa shape index (κ1) is 38.1. The molecule has 260 valence electrons. The van der Waals surface area contributed by atoms with Crippen molar-refractivity contribution in [3.8, 4) is 11.5 Å². The van der Waals surface area contributed by atoms with Crippen LogP contribution in [0.4, 0.5) is 0 Å². The number of aromatic hydroxyl groups is 1. The number of benzene rings is 1. The van der Waals surface area contributed by atoms with Crippen LogP contribution in [0.15, 0.2) is 17.1 Å². The number of aryl methyl sites for hydroxylation is 1. The third kappa shape index (κ3) is 12.7. The van der Waals surface area contributed by atoms with Crippen LogP contribution in [0.5, 0.6) is 11.5 Å². The maximum atomic E-state index is 13.6. The summed E-state index contributed by atoms with van der Waals surface area (Å²) >= 11 is 0. The molecule has 0 aromatic heterocycles. The number of hydrogen-bond acceptors (Lipinski definition) is 9. The Morgan fingerprint density at radius 3 is 2.61 bits per heavy atom. The van der Waals surface area contributed by atoms with Crippen molar-refractivity contribution in [2.45, 2.75) is 135 Å². The van der Waals surface area contributed by atoms with Gasteiger partial charge in [0.05, 0.1) is 19.3 Å². The number of phenolic OH excluding ortho intramolecular Hbond substituents is 1. The average Bonchev–Trinajstić information content (AvgIpc) is 3.28. The standard InChI is InChI=1S/C34H56N4O6S2/c1-4-5-8-12-30-25-18-27(37-34(35)36)22-46-45-15-10-7-6-9-11-28(40)20-29(44-23(2)39)14-13-24-16-26(21-38(30)32(41)19-25)33(42)31(17-24)43-3/h16-17,25,27-30,40,42H,4-15,18-22H2,1-3H3,(H4,35,36,37).